The van der Waals surface area contributed by atoms with Gasteiger partial charge in [-0.1, -0.05) is 41.9 Å². The number of hydrogen-bond acceptors (Lipinski definition) is 3. The highest BCUT2D eigenvalue weighted by Gasteiger charge is 2.21. The summed E-state index contributed by atoms with van der Waals surface area (Å²) in [5.74, 6) is 0.730. The molecule has 8 heteroatoms. The molecule has 0 amide bonds. The lowest BCUT2D eigenvalue weighted by atomic mass is 9.87. The molecule has 0 spiro atoms. The van der Waals surface area contributed by atoms with Crippen LogP contribution in [0.4, 0.5) is 0 Å². The van der Waals surface area contributed by atoms with Crippen LogP contribution < -0.4 is 10.3 Å². The van der Waals surface area contributed by atoms with Crippen molar-refractivity contribution < 1.29 is 10.2 Å². The number of benzene rings is 3. The van der Waals surface area contributed by atoms with Gasteiger partial charge in [-0.05, 0) is 65.6 Å². The molecule has 6 nitrogen and oxygen atoms in total. The van der Waals surface area contributed by atoms with E-state index in [0.717, 1.165) is 44.6 Å². The maximum Gasteiger partial charge on any atom is 0.251 e. The molecule has 1 atom stereocenters. The standard InChI is InChI=1S/C29H26ClN3O2.ClH.H2O/c1-4-35-23-7-5-6-20(14-23)24-16-28(34)33(3)26-13-10-21(15-25(24)26)29(27-17-31-18-32(27)2)19-8-11-22(30)12-9-19;;/h5-18,29H,4H2,1-3H3;1H;1H2. The lowest BCUT2D eigenvalue weighted by Crippen LogP contribution is -2.16. The summed E-state index contributed by atoms with van der Waals surface area (Å²) in [5, 5.41) is 1.70. The molecule has 5 aromatic rings. The van der Waals surface area contributed by atoms with Gasteiger partial charge in [0.1, 0.15) is 5.75 Å². The highest BCUT2D eigenvalue weighted by molar-refractivity contribution is 6.30. The quantitative estimate of drug-likeness (QED) is 0.275. The molecule has 2 heterocycles. The van der Waals surface area contributed by atoms with Gasteiger partial charge in [0.05, 0.1) is 24.4 Å². The second-order valence-electron chi connectivity index (χ2n) is 8.61. The number of hydrogen-bond donors (Lipinski definition) is 0. The Morgan fingerprint density at radius 2 is 1.70 bits per heavy atom. The van der Waals surface area contributed by atoms with E-state index in [2.05, 4.69) is 29.2 Å². The van der Waals surface area contributed by atoms with Crippen molar-refractivity contribution in [3.05, 3.63) is 118 Å². The Hall–Kier alpha value is -3.58. The molecule has 0 radical (unpaired) electrons. The van der Waals surface area contributed by atoms with Crippen molar-refractivity contribution in [1.82, 2.24) is 14.1 Å². The van der Waals surface area contributed by atoms with Gasteiger partial charge in [-0.25, -0.2) is 4.98 Å². The summed E-state index contributed by atoms with van der Waals surface area (Å²) < 4.78 is 9.45. The molecule has 2 aromatic heterocycles. The van der Waals surface area contributed by atoms with Gasteiger partial charge in [0.25, 0.3) is 5.56 Å². The smallest absolute Gasteiger partial charge is 0.251 e. The van der Waals surface area contributed by atoms with Crippen molar-refractivity contribution in [3.8, 4) is 16.9 Å². The lowest BCUT2D eigenvalue weighted by Gasteiger charge is -2.21. The Bertz CT molecular complexity index is 1580. The highest BCUT2D eigenvalue weighted by Crippen LogP contribution is 2.36. The van der Waals surface area contributed by atoms with Gasteiger partial charge in [-0.15, -0.1) is 12.4 Å². The Balaban J connectivity index is 0.00000190. The van der Waals surface area contributed by atoms with Gasteiger partial charge >= 0.3 is 0 Å². The summed E-state index contributed by atoms with van der Waals surface area (Å²) >= 11 is 6.19. The van der Waals surface area contributed by atoms with Crippen molar-refractivity contribution in [2.45, 2.75) is 12.8 Å². The molecule has 0 aliphatic heterocycles. The minimum atomic E-state index is -0.0528. The first-order valence-corrected chi connectivity index (χ1v) is 11.9. The third kappa shape index (κ3) is 5.42. The summed E-state index contributed by atoms with van der Waals surface area (Å²) in [4.78, 5) is 17.2. The van der Waals surface area contributed by atoms with Gasteiger partial charge in [-0.2, -0.15) is 0 Å². The SMILES string of the molecule is CCOc1cccc(-c2cc(=O)n(C)c3ccc(C(c4ccc(Cl)cc4)c4cncn4C)cc23)c1.Cl.O. The summed E-state index contributed by atoms with van der Waals surface area (Å²) in [6.07, 6.45) is 3.71. The molecule has 2 N–H and O–H groups in total. The number of pyridine rings is 1. The van der Waals surface area contributed by atoms with Crippen LogP contribution in [0.2, 0.25) is 5.02 Å². The number of aryl methyl sites for hydroxylation is 2. The van der Waals surface area contributed by atoms with E-state index in [9.17, 15) is 4.79 Å². The van der Waals surface area contributed by atoms with Gasteiger partial charge in [0, 0.05) is 42.5 Å². The molecule has 1 unspecified atom stereocenters. The molecular weight excluding hydrogens is 509 g/mol. The van der Waals surface area contributed by atoms with Crippen LogP contribution in [0.15, 0.2) is 90.1 Å². The third-order valence-electron chi connectivity index (χ3n) is 6.41. The molecule has 0 bridgehead atoms. The van der Waals surface area contributed by atoms with Gasteiger partial charge in [0.2, 0.25) is 0 Å². The summed E-state index contributed by atoms with van der Waals surface area (Å²) in [6, 6.07) is 23.8. The average molecular weight is 538 g/mol. The summed E-state index contributed by atoms with van der Waals surface area (Å²) in [7, 11) is 3.81. The Morgan fingerprint density at radius 1 is 0.973 bits per heavy atom. The zero-order chi connectivity index (χ0) is 24.5. The lowest BCUT2D eigenvalue weighted by molar-refractivity contribution is 0.340. The Morgan fingerprint density at radius 3 is 2.38 bits per heavy atom. The minimum Gasteiger partial charge on any atom is -0.494 e. The van der Waals surface area contributed by atoms with E-state index in [-0.39, 0.29) is 29.4 Å². The number of ether oxygens (including phenoxy) is 1. The molecular formula is C29H29Cl2N3O3. The van der Waals surface area contributed by atoms with E-state index in [0.29, 0.717) is 11.6 Å². The number of aromatic nitrogens is 3. The van der Waals surface area contributed by atoms with Gasteiger partial charge < -0.3 is 19.3 Å². The fourth-order valence-corrected chi connectivity index (χ4v) is 4.78. The van der Waals surface area contributed by atoms with E-state index in [1.807, 2.05) is 80.6 Å². The van der Waals surface area contributed by atoms with Crippen LogP contribution >= 0.6 is 24.0 Å². The molecule has 192 valence electrons. The van der Waals surface area contributed by atoms with Crippen molar-refractivity contribution in [2.75, 3.05) is 6.61 Å². The fraction of sp³-hybridized carbons (Fsp3) is 0.172. The van der Waals surface area contributed by atoms with Crippen LogP contribution in [0.5, 0.6) is 5.75 Å². The van der Waals surface area contributed by atoms with E-state index in [1.165, 1.54) is 0 Å². The minimum absolute atomic E-state index is 0. The van der Waals surface area contributed by atoms with Crippen LogP contribution in [-0.4, -0.2) is 26.2 Å². The zero-order valence-corrected chi connectivity index (χ0v) is 22.4. The molecule has 0 aliphatic carbocycles. The Kier molecular flexibility index (Phi) is 8.81. The average Bonchev–Trinajstić information content (AvgIpc) is 3.28. The number of imidazole rings is 1. The van der Waals surface area contributed by atoms with Crippen LogP contribution in [-0.2, 0) is 14.1 Å². The molecule has 3 aromatic carbocycles. The Labute approximate surface area is 226 Å². The number of rotatable bonds is 6. The highest BCUT2D eigenvalue weighted by atomic mass is 35.5. The first-order valence-electron chi connectivity index (χ1n) is 11.5. The first kappa shape index (κ1) is 28.0. The molecule has 0 saturated heterocycles. The monoisotopic (exact) mass is 537 g/mol. The molecule has 0 fully saturated rings. The van der Waals surface area contributed by atoms with Crippen molar-refractivity contribution in [1.29, 1.82) is 0 Å². The molecule has 37 heavy (non-hydrogen) atoms. The largest absolute Gasteiger partial charge is 0.494 e. The second-order valence-corrected chi connectivity index (χ2v) is 9.04. The zero-order valence-electron chi connectivity index (χ0n) is 20.8. The van der Waals surface area contributed by atoms with Crippen LogP contribution in [0.25, 0.3) is 22.0 Å². The van der Waals surface area contributed by atoms with Gasteiger partial charge in [-0.3, -0.25) is 4.79 Å². The van der Waals surface area contributed by atoms with Crippen LogP contribution in [0, 0.1) is 0 Å². The van der Waals surface area contributed by atoms with Crippen molar-refractivity contribution in [2.24, 2.45) is 14.1 Å². The van der Waals surface area contributed by atoms with Gasteiger partial charge in [0.15, 0.2) is 0 Å². The number of fused-ring (bicyclic) bond motifs is 1. The first-order chi connectivity index (χ1) is 17.0. The van der Waals surface area contributed by atoms with E-state index in [1.54, 1.807) is 10.6 Å². The number of halogens is 2. The van der Waals surface area contributed by atoms with E-state index >= 15 is 0 Å². The molecule has 0 aliphatic rings. The fourth-order valence-electron chi connectivity index (χ4n) is 4.65. The van der Waals surface area contributed by atoms with Crippen molar-refractivity contribution in [3.63, 3.8) is 0 Å². The van der Waals surface area contributed by atoms with Crippen LogP contribution in [0.3, 0.4) is 0 Å². The van der Waals surface area contributed by atoms with Crippen LogP contribution in [0.1, 0.15) is 29.7 Å². The predicted octanol–water partition coefficient (Wildman–Crippen LogP) is 5.77. The number of nitrogens with zero attached hydrogens (tertiary/aromatic N) is 3. The maximum atomic E-state index is 12.8. The normalized spacial score (nSPS) is 11.5. The molecule has 5 rings (SSSR count). The summed E-state index contributed by atoms with van der Waals surface area (Å²) in [6.45, 7) is 2.54. The topological polar surface area (TPSA) is 80.6 Å². The predicted molar refractivity (Wildman–Crippen MR) is 152 cm³/mol. The second kappa shape index (κ2) is 11.6. The third-order valence-corrected chi connectivity index (χ3v) is 6.66. The molecule has 0 saturated carbocycles. The summed E-state index contributed by atoms with van der Waals surface area (Å²) in [5.41, 5.74) is 5.93. The van der Waals surface area contributed by atoms with E-state index < -0.39 is 0 Å². The maximum absolute atomic E-state index is 12.8. The van der Waals surface area contributed by atoms with Crippen molar-refractivity contribution >= 4 is 34.9 Å². The van der Waals surface area contributed by atoms with E-state index in [4.69, 9.17) is 16.3 Å².